The maximum atomic E-state index is 6.11. The van der Waals surface area contributed by atoms with E-state index in [9.17, 15) is 0 Å². The lowest BCUT2D eigenvalue weighted by Gasteiger charge is -2.15. The van der Waals surface area contributed by atoms with Crippen LogP contribution in [0.1, 0.15) is 12.0 Å². The number of ether oxygens (including phenoxy) is 1. The van der Waals surface area contributed by atoms with E-state index in [1.54, 1.807) is 13.2 Å². The molecule has 0 aliphatic heterocycles. The molecule has 1 aromatic carbocycles. The van der Waals surface area contributed by atoms with Crippen LogP contribution in [-0.2, 0) is 11.2 Å². The van der Waals surface area contributed by atoms with E-state index in [0.29, 0.717) is 22.7 Å². The van der Waals surface area contributed by atoms with Gasteiger partial charge in [0, 0.05) is 13.2 Å². The Kier molecular flexibility index (Phi) is 6.14. The summed E-state index contributed by atoms with van der Waals surface area (Å²) in [5.41, 5.74) is 1.09. The van der Waals surface area contributed by atoms with E-state index < -0.39 is 0 Å². The first-order valence-corrected chi connectivity index (χ1v) is 6.03. The molecule has 16 heavy (non-hydrogen) atoms. The minimum Gasteiger partial charge on any atom is -0.383 e. The van der Waals surface area contributed by atoms with Crippen LogP contribution in [0.25, 0.3) is 0 Å². The van der Waals surface area contributed by atoms with Crippen molar-refractivity contribution in [2.45, 2.75) is 18.9 Å². The summed E-state index contributed by atoms with van der Waals surface area (Å²) in [6.45, 7) is 0.703. The predicted octanol–water partition coefficient (Wildman–Crippen LogP) is 3.16. The van der Waals surface area contributed by atoms with Crippen molar-refractivity contribution in [1.82, 2.24) is 5.32 Å². The Bertz CT molecular complexity index is 331. The topological polar surface area (TPSA) is 21.3 Å². The van der Waals surface area contributed by atoms with Crippen molar-refractivity contribution in [3.63, 3.8) is 0 Å². The third kappa shape index (κ3) is 3.95. The molecule has 1 rings (SSSR count). The molecule has 0 bridgehead atoms. The molecular weight excluding hydrogens is 245 g/mol. The minimum atomic E-state index is 0.347. The molecule has 4 heteroatoms. The van der Waals surface area contributed by atoms with Crippen LogP contribution in [-0.4, -0.2) is 26.8 Å². The summed E-state index contributed by atoms with van der Waals surface area (Å²) in [5.74, 6) is 0. The van der Waals surface area contributed by atoms with Crippen LogP contribution in [0.15, 0.2) is 18.2 Å². The van der Waals surface area contributed by atoms with Crippen LogP contribution in [0.4, 0.5) is 0 Å². The Morgan fingerprint density at radius 3 is 2.75 bits per heavy atom. The Labute approximate surface area is 107 Å². The molecule has 0 aliphatic rings. The number of halogens is 2. The highest BCUT2D eigenvalue weighted by Crippen LogP contribution is 2.26. The summed E-state index contributed by atoms with van der Waals surface area (Å²) in [4.78, 5) is 0. The molecule has 1 atom stereocenters. The van der Waals surface area contributed by atoms with Gasteiger partial charge >= 0.3 is 0 Å². The zero-order valence-corrected chi connectivity index (χ0v) is 11.1. The van der Waals surface area contributed by atoms with Gasteiger partial charge in [0.15, 0.2) is 0 Å². The standard InChI is InChI=1S/C12H17Cl2NO/c1-15-10(8-16-2)7-6-9-4-3-5-11(13)12(9)14/h3-5,10,15H,6-8H2,1-2H3. The molecular formula is C12H17Cl2NO. The highest BCUT2D eigenvalue weighted by Gasteiger charge is 2.09. The fourth-order valence-corrected chi connectivity index (χ4v) is 2.00. The van der Waals surface area contributed by atoms with Crippen molar-refractivity contribution in [3.8, 4) is 0 Å². The van der Waals surface area contributed by atoms with Crippen molar-refractivity contribution < 1.29 is 4.74 Å². The van der Waals surface area contributed by atoms with Gasteiger partial charge in [-0.05, 0) is 31.5 Å². The van der Waals surface area contributed by atoms with Crippen LogP contribution in [0.2, 0.25) is 10.0 Å². The Balaban J connectivity index is 2.56. The molecule has 0 heterocycles. The maximum absolute atomic E-state index is 6.11. The van der Waals surface area contributed by atoms with Crippen molar-refractivity contribution in [1.29, 1.82) is 0 Å². The van der Waals surface area contributed by atoms with Gasteiger partial charge in [0.2, 0.25) is 0 Å². The van der Waals surface area contributed by atoms with E-state index in [1.165, 1.54) is 0 Å². The lowest BCUT2D eigenvalue weighted by atomic mass is 10.1. The zero-order chi connectivity index (χ0) is 12.0. The second-order valence-electron chi connectivity index (χ2n) is 3.69. The molecule has 0 aromatic heterocycles. The Morgan fingerprint density at radius 2 is 2.12 bits per heavy atom. The molecule has 0 spiro atoms. The van der Waals surface area contributed by atoms with Crippen LogP contribution < -0.4 is 5.32 Å². The zero-order valence-electron chi connectivity index (χ0n) is 9.59. The van der Waals surface area contributed by atoms with Gasteiger partial charge in [-0.1, -0.05) is 35.3 Å². The third-order valence-corrected chi connectivity index (χ3v) is 3.43. The summed E-state index contributed by atoms with van der Waals surface area (Å²) in [7, 11) is 3.64. The van der Waals surface area contributed by atoms with Crippen LogP contribution in [0.3, 0.4) is 0 Å². The van der Waals surface area contributed by atoms with Gasteiger partial charge in [-0.3, -0.25) is 0 Å². The monoisotopic (exact) mass is 261 g/mol. The quantitative estimate of drug-likeness (QED) is 0.850. The molecule has 0 fully saturated rings. The number of benzene rings is 1. The van der Waals surface area contributed by atoms with E-state index in [1.807, 2.05) is 19.2 Å². The largest absolute Gasteiger partial charge is 0.383 e. The normalized spacial score (nSPS) is 12.8. The third-order valence-electron chi connectivity index (χ3n) is 2.57. The molecule has 90 valence electrons. The second-order valence-corrected chi connectivity index (χ2v) is 4.48. The van der Waals surface area contributed by atoms with Crippen molar-refractivity contribution in [3.05, 3.63) is 33.8 Å². The van der Waals surface area contributed by atoms with E-state index in [-0.39, 0.29) is 0 Å². The van der Waals surface area contributed by atoms with Crippen molar-refractivity contribution in [2.75, 3.05) is 20.8 Å². The van der Waals surface area contributed by atoms with Gasteiger partial charge in [0.1, 0.15) is 0 Å². The fourth-order valence-electron chi connectivity index (χ4n) is 1.58. The first kappa shape index (κ1) is 13.8. The highest BCUT2D eigenvalue weighted by molar-refractivity contribution is 6.42. The van der Waals surface area contributed by atoms with E-state index >= 15 is 0 Å². The number of aryl methyl sites for hydroxylation is 1. The summed E-state index contributed by atoms with van der Waals surface area (Å²) >= 11 is 12.1. The van der Waals surface area contributed by atoms with Gasteiger partial charge in [-0.25, -0.2) is 0 Å². The predicted molar refractivity (Wildman–Crippen MR) is 69.5 cm³/mol. The van der Waals surface area contributed by atoms with E-state index in [0.717, 1.165) is 18.4 Å². The molecule has 0 saturated heterocycles. The summed E-state index contributed by atoms with van der Waals surface area (Å²) in [6, 6.07) is 6.08. The van der Waals surface area contributed by atoms with Gasteiger partial charge in [-0.15, -0.1) is 0 Å². The van der Waals surface area contributed by atoms with Crippen LogP contribution in [0.5, 0.6) is 0 Å². The van der Waals surface area contributed by atoms with Crippen molar-refractivity contribution >= 4 is 23.2 Å². The molecule has 1 aromatic rings. The molecule has 2 nitrogen and oxygen atoms in total. The first-order valence-electron chi connectivity index (χ1n) is 5.28. The first-order chi connectivity index (χ1) is 7.69. The maximum Gasteiger partial charge on any atom is 0.0624 e. The number of hydrogen-bond donors (Lipinski definition) is 1. The lowest BCUT2D eigenvalue weighted by Crippen LogP contribution is -2.30. The number of likely N-dealkylation sites (N-methyl/N-ethyl adjacent to an activating group) is 1. The molecule has 1 N–H and O–H groups in total. The number of hydrogen-bond acceptors (Lipinski definition) is 2. The van der Waals surface area contributed by atoms with Gasteiger partial charge in [-0.2, -0.15) is 0 Å². The SMILES string of the molecule is CNC(CCc1cccc(Cl)c1Cl)COC. The van der Waals surface area contributed by atoms with E-state index in [2.05, 4.69) is 5.32 Å². The minimum absolute atomic E-state index is 0.347. The fraction of sp³-hybridized carbons (Fsp3) is 0.500. The Hall–Kier alpha value is -0.280. The second kappa shape index (κ2) is 7.13. The highest BCUT2D eigenvalue weighted by atomic mass is 35.5. The summed E-state index contributed by atoms with van der Waals surface area (Å²) < 4.78 is 5.12. The number of rotatable bonds is 6. The average molecular weight is 262 g/mol. The average Bonchev–Trinajstić information content (AvgIpc) is 2.29. The van der Waals surface area contributed by atoms with Crippen LogP contribution in [0, 0.1) is 0 Å². The number of methoxy groups -OCH3 is 1. The van der Waals surface area contributed by atoms with Gasteiger partial charge in [0.05, 0.1) is 16.7 Å². The van der Waals surface area contributed by atoms with Crippen LogP contribution >= 0.6 is 23.2 Å². The summed E-state index contributed by atoms with van der Waals surface area (Å²) in [5, 5.41) is 4.49. The Morgan fingerprint density at radius 1 is 1.38 bits per heavy atom. The smallest absolute Gasteiger partial charge is 0.0624 e. The van der Waals surface area contributed by atoms with Gasteiger partial charge < -0.3 is 10.1 Å². The molecule has 1 unspecified atom stereocenters. The van der Waals surface area contributed by atoms with E-state index in [4.69, 9.17) is 27.9 Å². The molecule has 0 radical (unpaired) electrons. The summed E-state index contributed by atoms with van der Waals surface area (Å²) in [6.07, 6.45) is 1.87. The molecule has 0 aliphatic carbocycles. The molecule has 0 amide bonds. The molecule has 0 saturated carbocycles. The van der Waals surface area contributed by atoms with Gasteiger partial charge in [0.25, 0.3) is 0 Å². The number of nitrogens with one attached hydrogen (secondary N) is 1. The lowest BCUT2D eigenvalue weighted by molar-refractivity contribution is 0.166. The van der Waals surface area contributed by atoms with Crippen molar-refractivity contribution in [2.24, 2.45) is 0 Å².